The van der Waals surface area contributed by atoms with Gasteiger partial charge in [0.05, 0.1) is 12.2 Å². The minimum Gasteiger partial charge on any atom is -0.317 e. The molecule has 0 bridgehead atoms. The summed E-state index contributed by atoms with van der Waals surface area (Å²) >= 11 is 0. The smallest absolute Gasteiger partial charge is 0.186 e. The first-order valence-corrected chi connectivity index (χ1v) is 6.28. The molecule has 0 aliphatic heterocycles. The Morgan fingerprint density at radius 2 is 2.05 bits per heavy atom. The fourth-order valence-corrected chi connectivity index (χ4v) is 2.23. The lowest BCUT2D eigenvalue weighted by Crippen LogP contribution is -2.21. The summed E-state index contributed by atoms with van der Waals surface area (Å²) in [6.07, 6.45) is 6.67. The van der Waals surface area contributed by atoms with E-state index in [1.54, 1.807) is 36.5 Å². The summed E-state index contributed by atoms with van der Waals surface area (Å²) in [5, 5.41) is 5.84. The quantitative estimate of drug-likeness (QED) is 0.734. The second-order valence-electron chi connectivity index (χ2n) is 4.70. The maximum atomic E-state index is 12.6. The van der Waals surface area contributed by atoms with Crippen LogP contribution in [-0.2, 0) is 7.05 Å². The van der Waals surface area contributed by atoms with E-state index in [0.29, 0.717) is 11.1 Å². The molecule has 0 amide bonds. The maximum absolute atomic E-state index is 12.6. The number of Topliss-reactive ketones (excluding diaryl/α,β-unsaturated/α-hetero) is 1. The number of carbonyl (C=O) groups is 1. The van der Waals surface area contributed by atoms with Crippen LogP contribution in [0.2, 0.25) is 0 Å². The van der Waals surface area contributed by atoms with E-state index >= 15 is 0 Å². The second kappa shape index (κ2) is 4.86. The topological polar surface area (TPSA) is 73.8 Å². The molecule has 5 heteroatoms. The van der Waals surface area contributed by atoms with Gasteiger partial charge in [-0.3, -0.25) is 14.5 Å². The van der Waals surface area contributed by atoms with Gasteiger partial charge in [-0.15, -0.1) is 0 Å². The number of aryl methyl sites for hydroxylation is 1. The zero-order valence-corrected chi connectivity index (χ0v) is 11.0. The van der Waals surface area contributed by atoms with Crippen molar-refractivity contribution in [2.45, 2.75) is 6.04 Å². The van der Waals surface area contributed by atoms with Crippen molar-refractivity contribution in [3.63, 3.8) is 0 Å². The van der Waals surface area contributed by atoms with Gasteiger partial charge in [-0.1, -0.05) is 24.3 Å². The van der Waals surface area contributed by atoms with E-state index in [2.05, 4.69) is 10.1 Å². The third-order valence-corrected chi connectivity index (χ3v) is 3.30. The lowest BCUT2D eigenvalue weighted by Gasteiger charge is -2.10. The molecule has 1 atom stereocenters. The third-order valence-electron chi connectivity index (χ3n) is 3.30. The molecule has 0 saturated carbocycles. The molecule has 0 aliphatic rings. The number of nitrogens with two attached hydrogens (primary N) is 1. The summed E-state index contributed by atoms with van der Waals surface area (Å²) in [5.41, 5.74) is 7.28. The Balaban J connectivity index is 2.04. The number of aromatic nitrogens is 3. The molecule has 2 heterocycles. The van der Waals surface area contributed by atoms with Crippen molar-refractivity contribution < 1.29 is 4.79 Å². The Labute approximate surface area is 116 Å². The number of pyridine rings is 1. The van der Waals surface area contributed by atoms with E-state index in [1.165, 1.54) is 0 Å². The zero-order valence-electron chi connectivity index (χ0n) is 11.0. The van der Waals surface area contributed by atoms with Gasteiger partial charge >= 0.3 is 0 Å². The van der Waals surface area contributed by atoms with Gasteiger partial charge in [0.15, 0.2) is 5.78 Å². The van der Waals surface area contributed by atoms with Crippen LogP contribution in [0.25, 0.3) is 10.8 Å². The van der Waals surface area contributed by atoms with Gasteiger partial charge in [0.25, 0.3) is 0 Å². The minimum absolute atomic E-state index is 0.151. The van der Waals surface area contributed by atoms with Crippen LogP contribution < -0.4 is 5.73 Å². The Kier molecular flexibility index (Phi) is 3.04. The number of nitrogens with zero attached hydrogens (tertiary/aromatic N) is 3. The van der Waals surface area contributed by atoms with E-state index in [0.717, 1.165) is 10.8 Å². The average Bonchev–Trinajstić information content (AvgIpc) is 2.91. The lowest BCUT2D eigenvalue weighted by atomic mass is 9.98. The van der Waals surface area contributed by atoms with Crippen molar-refractivity contribution in [2.75, 3.05) is 0 Å². The van der Waals surface area contributed by atoms with Crippen molar-refractivity contribution in [3.8, 4) is 0 Å². The number of benzene rings is 1. The highest BCUT2D eigenvalue weighted by Crippen LogP contribution is 2.22. The monoisotopic (exact) mass is 266 g/mol. The number of carbonyl (C=O) groups excluding carboxylic acids is 1. The molecule has 1 aromatic carbocycles. The number of hydrogen-bond donors (Lipinski definition) is 1. The number of rotatable bonds is 3. The lowest BCUT2D eigenvalue weighted by molar-refractivity contribution is 0.0962. The van der Waals surface area contributed by atoms with Crippen LogP contribution in [0.1, 0.15) is 22.0 Å². The summed E-state index contributed by atoms with van der Waals surface area (Å²) in [5.74, 6) is -0.151. The molecule has 5 nitrogen and oxygen atoms in total. The van der Waals surface area contributed by atoms with Gasteiger partial charge in [0.2, 0.25) is 0 Å². The predicted octanol–water partition coefficient (Wildman–Crippen LogP) is 1.85. The van der Waals surface area contributed by atoms with Crippen LogP contribution in [0.4, 0.5) is 0 Å². The zero-order chi connectivity index (χ0) is 14.1. The summed E-state index contributed by atoms with van der Waals surface area (Å²) in [6.45, 7) is 0. The standard InChI is InChI=1S/C15H14N4O/c1-19-9-11(7-18-19)14(16)15(20)13-8-17-6-10-4-2-3-5-12(10)13/h2-9,14H,16H2,1H3. The molecule has 20 heavy (non-hydrogen) atoms. The average molecular weight is 266 g/mol. The number of fused-ring (bicyclic) bond motifs is 1. The minimum atomic E-state index is -0.726. The normalized spacial score (nSPS) is 12.5. The first kappa shape index (κ1) is 12.5. The molecule has 0 spiro atoms. The largest absolute Gasteiger partial charge is 0.317 e. The van der Waals surface area contributed by atoms with Gasteiger partial charge in [-0.05, 0) is 5.39 Å². The van der Waals surface area contributed by atoms with E-state index in [1.807, 2.05) is 24.3 Å². The van der Waals surface area contributed by atoms with Crippen LogP contribution in [0.3, 0.4) is 0 Å². The number of hydrogen-bond acceptors (Lipinski definition) is 4. The Bertz CT molecular complexity index is 773. The number of ketones is 1. The van der Waals surface area contributed by atoms with Gasteiger partial charge in [0.1, 0.15) is 0 Å². The molecule has 2 N–H and O–H groups in total. The third kappa shape index (κ3) is 2.08. The highest BCUT2D eigenvalue weighted by molar-refractivity contribution is 6.10. The fraction of sp³-hybridized carbons (Fsp3) is 0.133. The fourth-order valence-electron chi connectivity index (χ4n) is 2.23. The van der Waals surface area contributed by atoms with Crippen LogP contribution in [0.5, 0.6) is 0 Å². The molecule has 3 aromatic rings. The summed E-state index contributed by atoms with van der Waals surface area (Å²) in [6, 6.07) is 6.92. The van der Waals surface area contributed by atoms with E-state index < -0.39 is 6.04 Å². The van der Waals surface area contributed by atoms with E-state index in [9.17, 15) is 4.79 Å². The van der Waals surface area contributed by atoms with Crippen LogP contribution in [0.15, 0.2) is 49.1 Å². The Morgan fingerprint density at radius 1 is 1.25 bits per heavy atom. The van der Waals surface area contributed by atoms with Crippen LogP contribution in [-0.4, -0.2) is 20.5 Å². The van der Waals surface area contributed by atoms with Crippen LogP contribution in [0, 0.1) is 0 Å². The first-order chi connectivity index (χ1) is 9.66. The molecule has 3 rings (SSSR count). The molecule has 0 aliphatic carbocycles. The summed E-state index contributed by atoms with van der Waals surface area (Å²) < 4.78 is 1.63. The molecular formula is C15H14N4O. The van der Waals surface area contributed by atoms with Gasteiger partial charge in [-0.2, -0.15) is 5.10 Å². The highest BCUT2D eigenvalue weighted by atomic mass is 16.1. The van der Waals surface area contributed by atoms with Crippen LogP contribution >= 0.6 is 0 Å². The molecule has 0 radical (unpaired) electrons. The molecule has 2 aromatic heterocycles. The van der Waals surface area contributed by atoms with Crippen molar-refractivity contribution >= 4 is 16.6 Å². The van der Waals surface area contributed by atoms with Crippen molar-refractivity contribution in [3.05, 3.63) is 60.2 Å². The van der Waals surface area contributed by atoms with E-state index in [4.69, 9.17) is 5.73 Å². The molecule has 100 valence electrons. The SMILES string of the molecule is Cn1cc(C(N)C(=O)c2cncc3ccccc23)cn1. The van der Waals surface area contributed by atoms with Crippen molar-refractivity contribution in [1.29, 1.82) is 0 Å². The summed E-state index contributed by atoms with van der Waals surface area (Å²) in [7, 11) is 1.79. The van der Waals surface area contributed by atoms with Gasteiger partial charge < -0.3 is 5.73 Å². The van der Waals surface area contributed by atoms with Gasteiger partial charge in [0, 0.05) is 42.2 Å². The van der Waals surface area contributed by atoms with Gasteiger partial charge in [-0.25, -0.2) is 0 Å². The summed E-state index contributed by atoms with van der Waals surface area (Å²) in [4.78, 5) is 16.7. The molecule has 0 saturated heterocycles. The molecular weight excluding hydrogens is 252 g/mol. The first-order valence-electron chi connectivity index (χ1n) is 6.28. The molecule has 1 unspecified atom stereocenters. The Morgan fingerprint density at radius 3 is 2.80 bits per heavy atom. The predicted molar refractivity (Wildman–Crippen MR) is 76.2 cm³/mol. The van der Waals surface area contributed by atoms with E-state index in [-0.39, 0.29) is 5.78 Å². The van der Waals surface area contributed by atoms with Crippen molar-refractivity contribution in [1.82, 2.24) is 14.8 Å². The maximum Gasteiger partial charge on any atom is 0.186 e. The molecule has 0 fully saturated rings. The van der Waals surface area contributed by atoms with Crippen molar-refractivity contribution in [2.24, 2.45) is 12.8 Å². The highest BCUT2D eigenvalue weighted by Gasteiger charge is 2.21. The Hall–Kier alpha value is -2.53. The second-order valence-corrected chi connectivity index (χ2v) is 4.70.